The van der Waals surface area contributed by atoms with Crippen molar-refractivity contribution >= 4 is 17.4 Å². The molecule has 7 heteroatoms. The Morgan fingerprint density at radius 2 is 1.75 bits per heavy atom. The summed E-state index contributed by atoms with van der Waals surface area (Å²) in [7, 11) is 0. The Balaban J connectivity index is 1.32. The fraction of sp³-hybridized carbons (Fsp3) is 0.476. The summed E-state index contributed by atoms with van der Waals surface area (Å²) < 4.78 is 38.7. The zero-order valence-electron chi connectivity index (χ0n) is 15.9. The van der Waals surface area contributed by atoms with E-state index in [1.807, 2.05) is 24.4 Å². The van der Waals surface area contributed by atoms with E-state index in [4.69, 9.17) is 0 Å². The molecule has 1 aromatic carbocycles. The van der Waals surface area contributed by atoms with E-state index in [0.29, 0.717) is 5.69 Å². The second-order valence-electron chi connectivity index (χ2n) is 6.95. The summed E-state index contributed by atoms with van der Waals surface area (Å²) in [6.45, 7) is 4.41. The topological polar surface area (TPSA) is 19.4 Å². The van der Waals surface area contributed by atoms with E-state index in [1.54, 1.807) is 17.8 Å². The molecule has 3 rings (SSSR count). The number of anilines is 1. The number of benzene rings is 1. The Bertz CT molecular complexity index is 716. The van der Waals surface area contributed by atoms with Gasteiger partial charge in [0, 0.05) is 38.1 Å². The molecule has 1 aliphatic rings. The van der Waals surface area contributed by atoms with E-state index in [2.05, 4.69) is 14.8 Å². The molecule has 2 heterocycles. The monoisotopic (exact) mass is 409 g/mol. The van der Waals surface area contributed by atoms with Crippen molar-refractivity contribution in [3.63, 3.8) is 0 Å². The quantitative estimate of drug-likeness (QED) is 0.442. The van der Waals surface area contributed by atoms with Gasteiger partial charge >= 0.3 is 6.18 Å². The molecule has 1 aliphatic heterocycles. The summed E-state index contributed by atoms with van der Waals surface area (Å²) in [6.07, 6.45) is 1.06. The molecule has 0 unspecified atom stereocenters. The summed E-state index contributed by atoms with van der Waals surface area (Å²) in [5.41, 5.74) is 0.0945. The Morgan fingerprint density at radius 1 is 0.929 bits per heavy atom. The lowest BCUT2D eigenvalue weighted by Crippen LogP contribution is -2.46. The van der Waals surface area contributed by atoms with E-state index in [0.717, 1.165) is 56.0 Å². The second-order valence-corrected chi connectivity index (χ2v) is 8.07. The first-order valence-electron chi connectivity index (χ1n) is 9.71. The number of halogens is 3. The Hall–Kier alpha value is -1.73. The van der Waals surface area contributed by atoms with Gasteiger partial charge in [-0.25, -0.2) is 4.98 Å². The van der Waals surface area contributed by atoms with Gasteiger partial charge in [-0.2, -0.15) is 13.2 Å². The maximum Gasteiger partial charge on any atom is 0.416 e. The number of aromatic nitrogens is 1. The fourth-order valence-electron chi connectivity index (χ4n) is 3.33. The van der Waals surface area contributed by atoms with Crippen LogP contribution < -0.4 is 4.90 Å². The van der Waals surface area contributed by atoms with Crippen LogP contribution in [0.5, 0.6) is 0 Å². The highest BCUT2D eigenvalue weighted by Gasteiger charge is 2.31. The molecule has 0 bridgehead atoms. The summed E-state index contributed by atoms with van der Waals surface area (Å²) in [4.78, 5) is 8.77. The van der Waals surface area contributed by atoms with Crippen LogP contribution in [0.25, 0.3) is 0 Å². The maximum absolute atomic E-state index is 12.9. The van der Waals surface area contributed by atoms with Crippen LogP contribution in [0, 0.1) is 0 Å². The van der Waals surface area contributed by atoms with E-state index < -0.39 is 11.7 Å². The minimum Gasteiger partial charge on any atom is -0.369 e. The number of nitrogens with zero attached hydrogens (tertiary/aromatic N) is 3. The average Bonchev–Trinajstić information content (AvgIpc) is 2.71. The molecule has 1 fully saturated rings. The first-order chi connectivity index (χ1) is 13.5. The maximum atomic E-state index is 12.9. The molecule has 1 aromatic heterocycles. The van der Waals surface area contributed by atoms with Crippen LogP contribution in [-0.2, 0) is 6.18 Å². The van der Waals surface area contributed by atoms with Gasteiger partial charge in [-0.3, -0.25) is 4.90 Å². The van der Waals surface area contributed by atoms with Gasteiger partial charge < -0.3 is 4.90 Å². The van der Waals surface area contributed by atoms with Crippen molar-refractivity contribution < 1.29 is 13.2 Å². The SMILES string of the molecule is FC(F)(F)c1cccc(N2CCN(CCCCCSc3ccccn3)CC2)c1. The fourth-order valence-corrected chi connectivity index (χ4v) is 4.20. The van der Waals surface area contributed by atoms with Crippen molar-refractivity contribution in [3.05, 3.63) is 54.2 Å². The molecule has 1 saturated heterocycles. The van der Waals surface area contributed by atoms with E-state index in [-0.39, 0.29) is 0 Å². The second kappa shape index (κ2) is 10.2. The number of hydrogen-bond donors (Lipinski definition) is 0. The van der Waals surface area contributed by atoms with E-state index in [1.165, 1.54) is 25.0 Å². The molecule has 0 atom stereocenters. The molecule has 0 saturated carbocycles. The molecule has 2 aromatic rings. The van der Waals surface area contributed by atoms with Crippen LogP contribution >= 0.6 is 11.8 Å². The Morgan fingerprint density at radius 3 is 2.46 bits per heavy atom. The van der Waals surface area contributed by atoms with Crippen LogP contribution in [-0.4, -0.2) is 48.4 Å². The number of thioether (sulfide) groups is 1. The Kier molecular flexibility index (Phi) is 7.62. The molecule has 0 N–H and O–H groups in total. The number of hydrogen-bond acceptors (Lipinski definition) is 4. The van der Waals surface area contributed by atoms with Crippen molar-refractivity contribution in [1.29, 1.82) is 0 Å². The lowest BCUT2D eigenvalue weighted by molar-refractivity contribution is -0.137. The first-order valence-corrected chi connectivity index (χ1v) is 10.7. The van der Waals surface area contributed by atoms with Crippen LogP contribution in [0.4, 0.5) is 18.9 Å². The molecule has 152 valence electrons. The zero-order chi connectivity index (χ0) is 19.8. The number of rotatable bonds is 8. The highest BCUT2D eigenvalue weighted by molar-refractivity contribution is 7.99. The lowest BCUT2D eigenvalue weighted by atomic mass is 10.1. The molecule has 0 aliphatic carbocycles. The van der Waals surface area contributed by atoms with E-state index >= 15 is 0 Å². The molecular weight excluding hydrogens is 383 g/mol. The molecule has 0 amide bonds. The third-order valence-corrected chi connectivity index (χ3v) is 5.95. The van der Waals surface area contributed by atoms with Crippen molar-refractivity contribution in [1.82, 2.24) is 9.88 Å². The van der Waals surface area contributed by atoms with Crippen LogP contribution in [0.2, 0.25) is 0 Å². The Labute approximate surface area is 168 Å². The van der Waals surface area contributed by atoms with Crippen molar-refractivity contribution in [2.45, 2.75) is 30.5 Å². The van der Waals surface area contributed by atoms with Gasteiger partial charge in [0.2, 0.25) is 0 Å². The third kappa shape index (κ3) is 6.41. The summed E-state index contributed by atoms with van der Waals surface area (Å²) >= 11 is 1.80. The minimum atomic E-state index is -4.29. The molecule has 3 nitrogen and oxygen atoms in total. The predicted molar refractivity (Wildman–Crippen MR) is 109 cm³/mol. The van der Waals surface area contributed by atoms with Crippen LogP contribution in [0.15, 0.2) is 53.7 Å². The highest BCUT2D eigenvalue weighted by atomic mass is 32.2. The number of pyridine rings is 1. The van der Waals surface area contributed by atoms with Crippen LogP contribution in [0.1, 0.15) is 24.8 Å². The average molecular weight is 410 g/mol. The molecular formula is C21H26F3N3S. The van der Waals surface area contributed by atoms with Gasteiger partial charge in [-0.15, -0.1) is 11.8 Å². The molecule has 0 spiro atoms. The summed E-state index contributed by atoms with van der Waals surface area (Å²) in [5, 5.41) is 1.08. The zero-order valence-corrected chi connectivity index (χ0v) is 16.7. The molecule has 28 heavy (non-hydrogen) atoms. The number of unbranched alkanes of at least 4 members (excludes halogenated alkanes) is 2. The minimum absolute atomic E-state index is 0.573. The summed E-state index contributed by atoms with van der Waals surface area (Å²) in [5.74, 6) is 1.08. The van der Waals surface area contributed by atoms with Gasteiger partial charge in [0.05, 0.1) is 10.6 Å². The van der Waals surface area contributed by atoms with Crippen molar-refractivity contribution in [2.24, 2.45) is 0 Å². The standard InChI is InChI=1S/C21H26F3N3S/c22-21(23,24)18-7-6-8-19(17-18)27-14-12-26(13-15-27)11-4-1-5-16-28-20-9-2-3-10-25-20/h2-3,6-10,17H,1,4-5,11-16H2. The van der Waals surface area contributed by atoms with Gasteiger partial charge in [-0.05, 0) is 55.5 Å². The predicted octanol–water partition coefficient (Wildman–Crippen LogP) is 5.19. The van der Waals surface area contributed by atoms with Crippen LogP contribution in [0.3, 0.4) is 0 Å². The number of alkyl halides is 3. The normalized spacial score (nSPS) is 15.8. The van der Waals surface area contributed by atoms with Gasteiger partial charge in [0.25, 0.3) is 0 Å². The van der Waals surface area contributed by atoms with Gasteiger partial charge in [0.15, 0.2) is 0 Å². The van der Waals surface area contributed by atoms with Crippen molar-refractivity contribution in [3.8, 4) is 0 Å². The van der Waals surface area contributed by atoms with E-state index in [9.17, 15) is 13.2 Å². The largest absolute Gasteiger partial charge is 0.416 e. The van der Waals surface area contributed by atoms with Gasteiger partial charge in [-0.1, -0.05) is 18.6 Å². The van der Waals surface area contributed by atoms with Crippen molar-refractivity contribution in [2.75, 3.05) is 43.4 Å². The lowest BCUT2D eigenvalue weighted by Gasteiger charge is -2.36. The summed E-state index contributed by atoms with van der Waals surface area (Å²) in [6, 6.07) is 11.6. The smallest absolute Gasteiger partial charge is 0.369 e. The highest BCUT2D eigenvalue weighted by Crippen LogP contribution is 2.31. The number of piperazine rings is 1. The third-order valence-electron chi connectivity index (χ3n) is 4.92. The molecule has 0 radical (unpaired) electrons. The van der Waals surface area contributed by atoms with Gasteiger partial charge in [0.1, 0.15) is 0 Å². The first kappa shape index (κ1) is 21.0.